The molecule has 19 heavy (non-hydrogen) atoms. The molecule has 0 radical (unpaired) electrons. The minimum Gasteiger partial charge on any atom is -0.352 e. The van der Waals surface area contributed by atoms with Crippen LogP contribution in [0.15, 0.2) is 24.3 Å². The van der Waals surface area contributed by atoms with Crippen LogP contribution in [-0.4, -0.2) is 24.5 Å². The van der Waals surface area contributed by atoms with Crippen molar-refractivity contribution in [1.29, 1.82) is 0 Å². The van der Waals surface area contributed by atoms with Crippen molar-refractivity contribution in [3.8, 4) is 0 Å². The number of benzene rings is 1. The van der Waals surface area contributed by atoms with E-state index in [1.165, 1.54) is 0 Å². The summed E-state index contributed by atoms with van der Waals surface area (Å²) in [6.07, 6.45) is 2.99. The molecule has 0 unspecified atom stereocenters. The Morgan fingerprint density at radius 2 is 2.11 bits per heavy atom. The van der Waals surface area contributed by atoms with Crippen LogP contribution >= 0.6 is 0 Å². The predicted molar refractivity (Wildman–Crippen MR) is 74.2 cm³/mol. The monoisotopic (exact) mass is 261 g/mol. The van der Waals surface area contributed by atoms with Crippen molar-refractivity contribution in [2.24, 2.45) is 0 Å². The van der Waals surface area contributed by atoms with E-state index in [1.54, 1.807) is 24.3 Å². The summed E-state index contributed by atoms with van der Waals surface area (Å²) in [6.45, 7) is 2.65. The third-order valence-corrected chi connectivity index (χ3v) is 2.83. The number of amides is 3. The van der Waals surface area contributed by atoms with Crippen LogP contribution in [0.3, 0.4) is 0 Å². The highest BCUT2D eigenvalue weighted by Gasteiger charge is 2.23. The SMILES string of the molecule is CCCNC(=O)c1cccc(NC(=O)NC2CC2)c1. The van der Waals surface area contributed by atoms with Gasteiger partial charge in [0.2, 0.25) is 0 Å². The Hall–Kier alpha value is -2.04. The van der Waals surface area contributed by atoms with Gasteiger partial charge in [0.05, 0.1) is 0 Å². The summed E-state index contributed by atoms with van der Waals surface area (Å²) in [5.74, 6) is -0.117. The number of carbonyl (C=O) groups is 2. The highest BCUT2D eigenvalue weighted by Crippen LogP contribution is 2.19. The molecule has 1 aliphatic rings. The summed E-state index contributed by atoms with van der Waals surface area (Å²) < 4.78 is 0. The van der Waals surface area contributed by atoms with Gasteiger partial charge in [-0.3, -0.25) is 4.79 Å². The molecule has 102 valence electrons. The lowest BCUT2D eigenvalue weighted by Crippen LogP contribution is -2.30. The van der Waals surface area contributed by atoms with Gasteiger partial charge >= 0.3 is 6.03 Å². The molecule has 0 heterocycles. The zero-order valence-electron chi connectivity index (χ0n) is 11.0. The van der Waals surface area contributed by atoms with Gasteiger partial charge < -0.3 is 16.0 Å². The predicted octanol–water partition coefficient (Wildman–Crippen LogP) is 2.11. The molecule has 1 saturated carbocycles. The lowest BCUT2D eigenvalue weighted by Gasteiger charge is -2.08. The van der Waals surface area contributed by atoms with Crippen molar-refractivity contribution in [1.82, 2.24) is 10.6 Å². The Bertz CT molecular complexity index is 470. The van der Waals surface area contributed by atoms with E-state index in [-0.39, 0.29) is 11.9 Å². The molecule has 0 aliphatic heterocycles. The molecule has 3 amide bonds. The maximum Gasteiger partial charge on any atom is 0.319 e. The van der Waals surface area contributed by atoms with Gasteiger partial charge in [-0.2, -0.15) is 0 Å². The lowest BCUT2D eigenvalue weighted by molar-refractivity contribution is 0.0953. The van der Waals surface area contributed by atoms with Crippen LogP contribution in [0.4, 0.5) is 10.5 Å². The van der Waals surface area contributed by atoms with E-state index in [0.29, 0.717) is 23.8 Å². The molecular weight excluding hydrogens is 242 g/mol. The minimum absolute atomic E-state index is 0.117. The Morgan fingerprint density at radius 3 is 2.79 bits per heavy atom. The number of hydrogen-bond acceptors (Lipinski definition) is 2. The van der Waals surface area contributed by atoms with Crippen LogP contribution in [-0.2, 0) is 0 Å². The molecule has 0 atom stereocenters. The fraction of sp³-hybridized carbons (Fsp3) is 0.429. The summed E-state index contributed by atoms with van der Waals surface area (Å²) in [5.41, 5.74) is 1.18. The van der Waals surface area contributed by atoms with Gasteiger partial charge in [-0.1, -0.05) is 13.0 Å². The van der Waals surface area contributed by atoms with Gasteiger partial charge in [-0.05, 0) is 37.5 Å². The molecule has 0 spiro atoms. The molecule has 0 saturated heterocycles. The Balaban J connectivity index is 1.93. The van der Waals surface area contributed by atoms with Gasteiger partial charge in [-0.25, -0.2) is 4.79 Å². The fourth-order valence-electron chi connectivity index (χ4n) is 1.66. The average molecular weight is 261 g/mol. The molecule has 1 fully saturated rings. The second kappa shape index (κ2) is 6.22. The zero-order valence-corrected chi connectivity index (χ0v) is 11.0. The van der Waals surface area contributed by atoms with E-state index in [1.807, 2.05) is 6.92 Å². The summed E-state index contributed by atoms with van der Waals surface area (Å²) in [5, 5.41) is 8.37. The molecule has 5 heteroatoms. The van der Waals surface area contributed by atoms with Crippen molar-refractivity contribution in [3.63, 3.8) is 0 Å². The third-order valence-electron chi connectivity index (χ3n) is 2.83. The minimum atomic E-state index is -0.214. The largest absolute Gasteiger partial charge is 0.352 e. The van der Waals surface area contributed by atoms with E-state index in [4.69, 9.17) is 0 Å². The van der Waals surface area contributed by atoms with Crippen LogP contribution in [0, 0.1) is 0 Å². The number of nitrogens with one attached hydrogen (secondary N) is 3. The lowest BCUT2D eigenvalue weighted by atomic mass is 10.2. The van der Waals surface area contributed by atoms with Crippen LogP contribution in [0.1, 0.15) is 36.5 Å². The Labute approximate surface area is 112 Å². The topological polar surface area (TPSA) is 70.2 Å². The van der Waals surface area contributed by atoms with Crippen molar-refractivity contribution >= 4 is 17.6 Å². The highest BCUT2D eigenvalue weighted by molar-refractivity contribution is 5.96. The van der Waals surface area contributed by atoms with Gasteiger partial charge in [0.25, 0.3) is 5.91 Å². The molecule has 1 aromatic carbocycles. The molecule has 0 aromatic heterocycles. The Kier molecular flexibility index (Phi) is 4.39. The van der Waals surface area contributed by atoms with Gasteiger partial charge in [0, 0.05) is 23.8 Å². The first-order valence-corrected chi connectivity index (χ1v) is 6.65. The number of rotatable bonds is 5. The van der Waals surface area contributed by atoms with Crippen molar-refractivity contribution in [2.45, 2.75) is 32.2 Å². The second-order valence-corrected chi connectivity index (χ2v) is 4.71. The normalized spacial score (nSPS) is 13.7. The van der Waals surface area contributed by atoms with E-state index >= 15 is 0 Å². The summed E-state index contributed by atoms with van der Waals surface area (Å²) in [7, 11) is 0. The van der Waals surface area contributed by atoms with E-state index in [2.05, 4.69) is 16.0 Å². The number of carbonyl (C=O) groups excluding carboxylic acids is 2. The molecule has 1 aromatic rings. The van der Waals surface area contributed by atoms with Gasteiger partial charge in [0.15, 0.2) is 0 Å². The van der Waals surface area contributed by atoms with Crippen molar-refractivity contribution < 1.29 is 9.59 Å². The van der Waals surface area contributed by atoms with Crippen LogP contribution in [0.2, 0.25) is 0 Å². The van der Waals surface area contributed by atoms with Crippen LogP contribution < -0.4 is 16.0 Å². The van der Waals surface area contributed by atoms with E-state index in [9.17, 15) is 9.59 Å². The smallest absolute Gasteiger partial charge is 0.319 e. The first-order chi connectivity index (χ1) is 9.19. The average Bonchev–Trinajstić information content (AvgIpc) is 3.20. The Morgan fingerprint density at radius 1 is 1.32 bits per heavy atom. The summed E-state index contributed by atoms with van der Waals surface area (Å²) in [4.78, 5) is 23.4. The first-order valence-electron chi connectivity index (χ1n) is 6.65. The van der Waals surface area contributed by atoms with Gasteiger partial charge in [0.1, 0.15) is 0 Å². The maximum atomic E-state index is 11.8. The molecule has 0 bridgehead atoms. The van der Waals surface area contributed by atoms with Gasteiger partial charge in [-0.15, -0.1) is 0 Å². The number of hydrogen-bond donors (Lipinski definition) is 3. The second-order valence-electron chi connectivity index (χ2n) is 4.71. The van der Waals surface area contributed by atoms with E-state index < -0.39 is 0 Å². The van der Waals surface area contributed by atoms with Crippen molar-refractivity contribution in [2.75, 3.05) is 11.9 Å². The standard InChI is InChI=1S/C14H19N3O2/c1-2-8-15-13(18)10-4-3-5-12(9-10)17-14(19)16-11-6-7-11/h3-5,9,11H,2,6-8H2,1H3,(H,15,18)(H2,16,17,19). The molecule has 1 aliphatic carbocycles. The molecule has 3 N–H and O–H groups in total. The summed E-state index contributed by atoms with van der Waals surface area (Å²) >= 11 is 0. The molecule has 5 nitrogen and oxygen atoms in total. The quantitative estimate of drug-likeness (QED) is 0.759. The fourth-order valence-corrected chi connectivity index (χ4v) is 1.66. The molecule has 2 rings (SSSR count). The zero-order chi connectivity index (χ0) is 13.7. The maximum absolute atomic E-state index is 11.8. The van der Waals surface area contributed by atoms with E-state index in [0.717, 1.165) is 19.3 Å². The molecular formula is C14H19N3O2. The first kappa shape index (κ1) is 13.4. The van der Waals surface area contributed by atoms with Crippen LogP contribution in [0.25, 0.3) is 0 Å². The third kappa shape index (κ3) is 4.28. The number of anilines is 1. The highest BCUT2D eigenvalue weighted by atomic mass is 16.2. The van der Waals surface area contributed by atoms with Crippen LogP contribution in [0.5, 0.6) is 0 Å². The van der Waals surface area contributed by atoms with Crippen molar-refractivity contribution in [3.05, 3.63) is 29.8 Å². The number of urea groups is 1. The summed E-state index contributed by atoms with van der Waals surface area (Å²) in [6, 6.07) is 7.04.